The first-order valence-corrected chi connectivity index (χ1v) is 11.3. The molecule has 0 unspecified atom stereocenters. The molecule has 0 fully saturated rings. The minimum Gasteiger partial charge on any atom is -0.342 e. The molecule has 1 N–H and O–H groups in total. The van der Waals surface area contributed by atoms with Crippen LogP contribution < -0.4 is 5.32 Å². The summed E-state index contributed by atoms with van der Waals surface area (Å²) in [5.41, 5.74) is 2.32. The molecule has 0 bridgehead atoms. The van der Waals surface area contributed by atoms with Gasteiger partial charge in [0.15, 0.2) is 0 Å². The number of amides is 2. The maximum Gasteiger partial charge on any atom is 0.255 e. The number of carbonyl (C=O) groups excluding carboxylic acids is 2. The van der Waals surface area contributed by atoms with Crippen LogP contribution in [0.15, 0.2) is 47.4 Å². The Hall–Kier alpha value is -2.71. The minimum atomic E-state index is -3.67. The SMILES string of the molecule is CCN(CC)S(=O)(=O)c1ccc(C)c(C(=O)Nc2ccccc2CN(C)C(C)=O)c1. The Balaban J connectivity index is 2.36. The number of hydrogen-bond donors (Lipinski definition) is 1. The molecule has 8 heteroatoms. The highest BCUT2D eigenvalue weighted by atomic mass is 32.2. The summed E-state index contributed by atoms with van der Waals surface area (Å²) in [5.74, 6) is -0.483. The zero-order valence-corrected chi connectivity index (χ0v) is 18.9. The highest BCUT2D eigenvalue weighted by Gasteiger charge is 2.23. The molecule has 2 amide bonds. The fourth-order valence-corrected chi connectivity index (χ4v) is 4.54. The summed E-state index contributed by atoms with van der Waals surface area (Å²) in [6.07, 6.45) is 0. The Labute approximate surface area is 178 Å². The molecule has 0 saturated carbocycles. The van der Waals surface area contributed by atoms with E-state index in [-0.39, 0.29) is 16.4 Å². The average Bonchev–Trinajstić information content (AvgIpc) is 2.70. The number of sulfonamides is 1. The number of rotatable bonds is 8. The van der Waals surface area contributed by atoms with Gasteiger partial charge in [-0.05, 0) is 36.2 Å². The summed E-state index contributed by atoms with van der Waals surface area (Å²) in [7, 11) is -1.98. The number of nitrogens with zero attached hydrogens (tertiary/aromatic N) is 2. The average molecular weight is 432 g/mol. The van der Waals surface area contributed by atoms with Crippen molar-refractivity contribution in [1.82, 2.24) is 9.21 Å². The van der Waals surface area contributed by atoms with Crippen LogP contribution in [0.5, 0.6) is 0 Å². The van der Waals surface area contributed by atoms with E-state index in [1.807, 2.05) is 12.1 Å². The van der Waals surface area contributed by atoms with Crippen molar-refractivity contribution in [1.29, 1.82) is 0 Å². The Bertz CT molecular complexity index is 1030. The smallest absolute Gasteiger partial charge is 0.255 e. The summed E-state index contributed by atoms with van der Waals surface area (Å²) in [6, 6.07) is 11.8. The van der Waals surface area contributed by atoms with Crippen LogP contribution >= 0.6 is 0 Å². The van der Waals surface area contributed by atoms with Gasteiger partial charge >= 0.3 is 0 Å². The van der Waals surface area contributed by atoms with Gasteiger partial charge < -0.3 is 10.2 Å². The fraction of sp³-hybridized carbons (Fsp3) is 0.364. The molecule has 0 atom stereocenters. The first-order valence-electron chi connectivity index (χ1n) is 9.83. The second kappa shape index (κ2) is 9.86. The molecule has 0 heterocycles. The van der Waals surface area contributed by atoms with E-state index >= 15 is 0 Å². The lowest BCUT2D eigenvalue weighted by Gasteiger charge is -2.20. The summed E-state index contributed by atoms with van der Waals surface area (Å²) in [4.78, 5) is 26.2. The Morgan fingerprint density at radius 2 is 1.67 bits per heavy atom. The number of nitrogens with one attached hydrogen (secondary N) is 1. The second-order valence-corrected chi connectivity index (χ2v) is 8.99. The molecule has 0 saturated heterocycles. The van der Waals surface area contributed by atoms with Gasteiger partial charge in [-0.3, -0.25) is 9.59 Å². The molecule has 2 aromatic carbocycles. The maximum absolute atomic E-state index is 13.0. The molecule has 162 valence electrons. The second-order valence-electron chi connectivity index (χ2n) is 7.05. The van der Waals surface area contributed by atoms with Crippen LogP contribution in [0.3, 0.4) is 0 Å². The van der Waals surface area contributed by atoms with Gasteiger partial charge in [-0.1, -0.05) is 38.1 Å². The molecule has 0 aliphatic carbocycles. The summed E-state index contributed by atoms with van der Waals surface area (Å²) >= 11 is 0. The topological polar surface area (TPSA) is 86.8 Å². The Kier molecular flexibility index (Phi) is 7.75. The van der Waals surface area contributed by atoms with Crippen molar-refractivity contribution in [2.24, 2.45) is 0 Å². The third-order valence-electron chi connectivity index (χ3n) is 5.01. The van der Waals surface area contributed by atoms with E-state index in [1.54, 1.807) is 50.9 Å². The third-order valence-corrected chi connectivity index (χ3v) is 7.05. The molecule has 2 aromatic rings. The summed E-state index contributed by atoms with van der Waals surface area (Å²) in [5, 5.41) is 2.86. The van der Waals surface area contributed by atoms with Gasteiger partial charge in [0, 0.05) is 44.9 Å². The van der Waals surface area contributed by atoms with Crippen molar-refractivity contribution >= 4 is 27.5 Å². The number of anilines is 1. The minimum absolute atomic E-state index is 0.0821. The molecule has 7 nitrogen and oxygen atoms in total. The first-order chi connectivity index (χ1) is 14.1. The van der Waals surface area contributed by atoms with Gasteiger partial charge in [0.05, 0.1) is 4.90 Å². The summed E-state index contributed by atoms with van der Waals surface area (Å²) < 4.78 is 27.0. The van der Waals surface area contributed by atoms with E-state index in [4.69, 9.17) is 0 Å². The van der Waals surface area contributed by atoms with Crippen LogP contribution in [0, 0.1) is 6.92 Å². The summed E-state index contributed by atoms with van der Waals surface area (Å²) in [6.45, 7) is 7.85. The zero-order chi connectivity index (χ0) is 22.5. The van der Waals surface area contributed by atoms with Crippen molar-refractivity contribution in [2.45, 2.75) is 39.1 Å². The van der Waals surface area contributed by atoms with Crippen molar-refractivity contribution < 1.29 is 18.0 Å². The third kappa shape index (κ3) is 5.25. The molecular weight excluding hydrogens is 402 g/mol. The molecule has 0 radical (unpaired) electrons. The lowest BCUT2D eigenvalue weighted by Crippen LogP contribution is -2.31. The van der Waals surface area contributed by atoms with Crippen molar-refractivity contribution in [2.75, 3.05) is 25.5 Å². The predicted molar refractivity (Wildman–Crippen MR) is 118 cm³/mol. The zero-order valence-electron chi connectivity index (χ0n) is 18.1. The Morgan fingerprint density at radius 1 is 1.03 bits per heavy atom. The standard InChI is InChI=1S/C22H29N3O4S/c1-6-25(7-2)30(28,29)19-13-12-16(3)20(14-19)22(27)23-21-11-9-8-10-18(21)15-24(5)17(4)26/h8-14H,6-7,15H2,1-5H3,(H,23,27). The van der Waals surface area contributed by atoms with Crippen LogP contribution in [0.25, 0.3) is 0 Å². The van der Waals surface area contributed by atoms with E-state index in [1.165, 1.54) is 23.4 Å². The van der Waals surface area contributed by atoms with Crippen molar-refractivity contribution in [3.8, 4) is 0 Å². The molecule has 0 spiro atoms. The van der Waals surface area contributed by atoms with Gasteiger partial charge in [-0.15, -0.1) is 0 Å². The van der Waals surface area contributed by atoms with E-state index < -0.39 is 15.9 Å². The fourth-order valence-electron chi connectivity index (χ4n) is 3.06. The van der Waals surface area contributed by atoms with Crippen LogP contribution in [-0.2, 0) is 21.4 Å². The van der Waals surface area contributed by atoms with E-state index in [2.05, 4.69) is 5.32 Å². The lowest BCUT2D eigenvalue weighted by molar-refractivity contribution is -0.128. The molecule has 0 aromatic heterocycles. The van der Waals surface area contributed by atoms with Crippen molar-refractivity contribution in [3.05, 3.63) is 59.2 Å². The number of hydrogen-bond acceptors (Lipinski definition) is 4. The van der Waals surface area contributed by atoms with Crippen molar-refractivity contribution in [3.63, 3.8) is 0 Å². The van der Waals surface area contributed by atoms with Gasteiger partial charge in [0.1, 0.15) is 0 Å². The molecule has 0 aliphatic heterocycles. The van der Waals surface area contributed by atoms with Crippen LogP contribution in [0.4, 0.5) is 5.69 Å². The number of aryl methyl sites for hydroxylation is 1. The molecular formula is C22H29N3O4S. The Morgan fingerprint density at radius 3 is 2.27 bits per heavy atom. The van der Waals surface area contributed by atoms with Gasteiger partial charge in [-0.2, -0.15) is 4.31 Å². The van der Waals surface area contributed by atoms with Crippen LogP contribution in [0.1, 0.15) is 42.3 Å². The maximum atomic E-state index is 13.0. The molecule has 30 heavy (non-hydrogen) atoms. The number of carbonyl (C=O) groups is 2. The lowest BCUT2D eigenvalue weighted by atomic mass is 10.1. The van der Waals surface area contributed by atoms with Gasteiger partial charge in [0.2, 0.25) is 15.9 Å². The van der Waals surface area contributed by atoms with Gasteiger partial charge in [-0.25, -0.2) is 8.42 Å². The molecule has 2 rings (SSSR count). The van der Waals surface area contributed by atoms with E-state index in [9.17, 15) is 18.0 Å². The normalized spacial score (nSPS) is 11.4. The number of benzene rings is 2. The number of para-hydroxylation sites is 1. The highest BCUT2D eigenvalue weighted by molar-refractivity contribution is 7.89. The monoisotopic (exact) mass is 431 g/mol. The molecule has 0 aliphatic rings. The highest BCUT2D eigenvalue weighted by Crippen LogP contribution is 2.22. The largest absolute Gasteiger partial charge is 0.342 e. The quantitative estimate of drug-likeness (QED) is 0.695. The first kappa shape index (κ1) is 23.6. The van der Waals surface area contributed by atoms with Crippen LogP contribution in [-0.4, -0.2) is 49.6 Å². The van der Waals surface area contributed by atoms with Gasteiger partial charge in [0.25, 0.3) is 5.91 Å². The van der Waals surface area contributed by atoms with E-state index in [0.29, 0.717) is 30.9 Å². The van der Waals surface area contributed by atoms with E-state index in [0.717, 1.165) is 5.56 Å². The predicted octanol–water partition coefficient (Wildman–Crippen LogP) is 3.26. The van der Waals surface area contributed by atoms with Crippen LogP contribution in [0.2, 0.25) is 0 Å².